The molecule has 100 valence electrons. The van der Waals surface area contributed by atoms with Gasteiger partial charge in [0.15, 0.2) is 5.96 Å². The molecule has 1 fully saturated rings. The Bertz CT molecular complexity index is 249. The summed E-state index contributed by atoms with van der Waals surface area (Å²) in [6.07, 6.45) is 7.80. The maximum atomic E-state index is 9.05. The molecule has 0 bridgehead atoms. The van der Waals surface area contributed by atoms with Gasteiger partial charge < -0.3 is 16.2 Å². The van der Waals surface area contributed by atoms with E-state index in [1.807, 2.05) is 0 Å². The molecule has 0 spiro atoms. The maximum absolute atomic E-state index is 9.05. The van der Waals surface area contributed by atoms with Crippen molar-refractivity contribution in [2.24, 2.45) is 10.7 Å². The van der Waals surface area contributed by atoms with Crippen LogP contribution in [-0.4, -0.2) is 29.3 Å². The first-order valence-corrected chi connectivity index (χ1v) is 6.82. The first-order valence-electron chi connectivity index (χ1n) is 6.82. The van der Waals surface area contributed by atoms with Crippen LogP contribution >= 0.6 is 0 Å². The van der Waals surface area contributed by atoms with E-state index in [2.05, 4.69) is 24.2 Å². The minimum absolute atomic E-state index is 0.142. The number of guanidine groups is 1. The quantitative estimate of drug-likeness (QED) is 0.507. The van der Waals surface area contributed by atoms with E-state index < -0.39 is 0 Å². The van der Waals surface area contributed by atoms with E-state index in [0.717, 1.165) is 19.3 Å². The maximum Gasteiger partial charge on any atom is 0.189 e. The van der Waals surface area contributed by atoms with Crippen molar-refractivity contribution in [3.8, 4) is 0 Å². The summed E-state index contributed by atoms with van der Waals surface area (Å²) in [6.45, 7) is 4.34. The standard InChI is InChI=1S/C13H27N3O/c1-3-13(2,9-10-17)16-12(14)15-11-7-5-4-6-8-11/h11,17H,3-10H2,1-2H3,(H3,14,15,16). The van der Waals surface area contributed by atoms with Crippen molar-refractivity contribution >= 4 is 5.96 Å². The normalized spacial score (nSPS) is 22.2. The predicted octanol–water partition coefficient (Wildman–Crippen LogP) is 1.77. The number of rotatable bonds is 5. The van der Waals surface area contributed by atoms with E-state index in [1.54, 1.807) is 0 Å². The zero-order valence-electron chi connectivity index (χ0n) is 11.2. The second-order valence-corrected chi connectivity index (χ2v) is 5.32. The van der Waals surface area contributed by atoms with Crippen molar-refractivity contribution in [1.29, 1.82) is 0 Å². The van der Waals surface area contributed by atoms with Gasteiger partial charge in [-0.05, 0) is 32.6 Å². The minimum Gasteiger partial charge on any atom is -0.396 e. The molecule has 0 aromatic heterocycles. The highest BCUT2D eigenvalue weighted by Gasteiger charge is 2.22. The first-order chi connectivity index (χ1) is 8.09. The van der Waals surface area contributed by atoms with Gasteiger partial charge >= 0.3 is 0 Å². The highest BCUT2D eigenvalue weighted by molar-refractivity contribution is 5.78. The molecule has 0 aromatic carbocycles. The highest BCUT2D eigenvalue weighted by Crippen LogP contribution is 2.20. The number of hydrogen-bond donors (Lipinski definition) is 3. The highest BCUT2D eigenvalue weighted by atomic mass is 16.3. The van der Waals surface area contributed by atoms with Crippen LogP contribution in [0.3, 0.4) is 0 Å². The Morgan fingerprint density at radius 3 is 2.59 bits per heavy atom. The molecule has 0 radical (unpaired) electrons. The second kappa shape index (κ2) is 6.84. The zero-order chi connectivity index (χ0) is 12.7. The summed E-state index contributed by atoms with van der Waals surface area (Å²) >= 11 is 0. The molecule has 0 amide bonds. The van der Waals surface area contributed by atoms with Crippen molar-refractivity contribution in [3.05, 3.63) is 0 Å². The molecule has 4 N–H and O–H groups in total. The van der Waals surface area contributed by atoms with Crippen LogP contribution in [0, 0.1) is 0 Å². The van der Waals surface area contributed by atoms with E-state index in [1.165, 1.54) is 19.3 Å². The Balaban J connectivity index is 2.50. The van der Waals surface area contributed by atoms with Gasteiger partial charge in [0.1, 0.15) is 0 Å². The van der Waals surface area contributed by atoms with Gasteiger partial charge in [0.2, 0.25) is 0 Å². The Kier molecular flexibility index (Phi) is 5.75. The van der Waals surface area contributed by atoms with Gasteiger partial charge in [-0.15, -0.1) is 0 Å². The summed E-state index contributed by atoms with van der Waals surface area (Å²) in [7, 11) is 0. The van der Waals surface area contributed by atoms with Crippen molar-refractivity contribution < 1.29 is 5.11 Å². The zero-order valence-corrected chi connectivity index (χ0v) is 11.2. The third-order valence-corrected chi connectivity index (χ3v) is 3.77. The largest absolute Gasteiger partial charge is 0.396 e. The number of nitrogens with one attached hydrogen (secondary N) is 1. The van der Waals surface area contributed by atoms with Crippen LogP contribution in [0.25, 0.3) is 0 Å². The lowest BCUT2D eigenvalue weighted by atomic mass is 9.95. The number of hydrogen-bond acceptors (Lipinski definition) is 2. The van der Waals surface area contributed by atoms with Crippen LogP contribution in [0.15, 0.2) is 4.99 Å². The fourth-order valence-electron chi connectivity index (χ4n) is 2.32. The van der Waals surface area contributed by atoms with E-state index in [-0.39, 0.29) is 12.1 Å². The molecule has 0 aromatic rings. The summed E-state index contributed by atoms with van der Waals surface area (Å²) in [4.78, 5) is 4.55. The van der Waals surface area contributed by atoms with Gasteiger partial charge in [0.25, 0.3) is 0 Å². The number of aliphatic hydroxyl groups excluding tert-OH is 1. The number of nitrogens with two attached hydrogens (primary N) is 1. The summed E-state index contributed by atoms with van der Waals surface area (Å²) in [5.74, 6) is 0.537. The minimum atomic E-state index is -0.142. The Labute approximate surface area is 105 Å². The van der Waals surface area contributed by atoms with Crippen molar-refractivity contribution in [1.82, 2.24) is 5.32 Å². The fourth-order valence-corrected chi connectivity index (χ4v) is 2.32. The molecule has 1 atom stereocenters. The molecule has 0 heterocycles. The lowest BCUT2D eigenvalue weighted by Crippen LogP contribution is -2.49. The third kappa shape index (κ3) is 4.94. The SMILES string of the molecule is CCC(C)(CCO)NC(N)=NC1CCCCC1. The topological polar surface area (TPSA) is 70.6 Å². The van der Waals surface area contributed by atoms with E-state index in [9.17, 15) is 0 Å². The lowest BCUT2D eigenvalue weighted by molar-refractivity contribution is 0.231. The van der Waals surface area contributed by atoms with Crippen LogP contribution < -0.4 is 11.1 Å². The second-order valence-electron chi connectivity index (χ2n) is 5.32. The average Bonchev–Trinajstić information content (AvgIpc) is 2.30. The summed E-state index contributed by atoms with van der Waals surface area (Å²) in [6, 6.07) is 0.395. The number of aliphatic hydroxyl groups is 1. The van der Waals surface area contributed by atoms with Crippen molar-refractivity contribution in [3.63, 3.8) is 0 Å². The molecular formula is C13H27N3O. The number of nitrogens with zero attached hydrogens (tertiary/aromatic N) is 1. The monoisotopic (exact) mass is 241 g/mol. The molecule has 1 unspecified atom stereocenters. The first kappa shape index (κ1) is 14.3. The number of aliphatic imine (C=N–C) groups is 1. The molecule has 0 saturated heterocycles. The van der Waals surface area contributed by atoms with Gasteiger partial charge in [-0.3, -0.25) is 4.99 Å². The van der Waals surface area contributed by atoms with Crippen LogP contribution in [0.5, 0.6) is 0 Å². The van der Waals surface area contributed by atoms with Crippen molar-refractivity contribution in [2.75, 3.05) is 6.61 Å². The van der Waals surface area contributed by atoms with Crippen LogP contribution in [0.4, 0.5) is 0 Å². The predicted molar refractivity (Wildman–Crippen MR) is 72.0 cm³/mol. The van der Waals surface area contributed by atoms with Crippen LogP contribution in [-0.2, 0) is 0 Å². The van der Waals surface area contributed by atoms with Crippen LogP contribution in [0.2, 0.25) is 0 Å². The van der Waals surface area contributed by atoms with Gasteiger partial charge in [-0.25, -0.2) is 0 Å². The molecule has 17 heavy (non-hydrogen) atoms. The van der Waals surface area contributed by atoms with E-state index >= 15 is 0 Å². The van der Waals surface area contributed by atoms with Gasteiger partial charge in [-0.2, -0.15) is 0 Å². The molecule has 0 aliphatic heterocycles. The lowest BCUT2D eigenvalue weighted by Gasteiger charge is -2.30. The van der Waals surface area contributed by atoms with E-state index in [0.29, 0.717) is 18.4 Å². The fraction of sp³-hybridized carbons (Fsp3) is 0.923. The average molecular weight is 241 g/mol. The van der Waals surface area contributed by atoms with Crippen molar-refractivity contribution in [2.45, 2.75) is 70.4 Å². The van der Waals surface area contributed by atoms with Gasteiger partial charge in [-0.1, -0.05) is 26.2 Å². The smallest absolute Gasteiger partial charge is 0.189 e. The van der Waals surface area contributed by atoms with Crippen LogP contribution in [0.1, 0.15) is 58.8 Å². The summed E-state index contributed by atoms with van der Waals surface area (Å²) in [5, 5.41) is 12.3. The summed E-state index contributed by atoms with van der Waals surface area (Å²) in [5.41, 5.74) is 5.81. The van der Waals surface area contributed by atoms with Gasteiger partial charge in [0.05, 0.1) is 6.04 Å². The van der Waals surface area contributed by atoms with Gasteiger partial charge in [0, 0.05) is 12.1 Å². The molecule has 1 rings (SSSR count). The Morgan fingerprint density at radius 1 is 1.41 bits per heavy atom. The molecule has 4 heteroatoms. The molecule has 1 aliphatic rings. The van der Waals surface area contributed by atoms with E-state index in [4.69, 9.17) is 10.8 Å². The summed E-state index contributed by atoms with van der Waals surface area (Å²) < 4.78 is 0. The Morgan fingerprint density at radius 2 is 2.06 bits per heavy atom. The molecular weight excluding hydrogens is 214 g/mol. The molecule has 4 nitrogen and oxygen atoms in total. The third-order valence-electron chi connectivity index (χ3n) is 3.77. The Hall–Kier alpha value is -0.770. The molecule has 1 saturated carbocycles. The molecule has 1 aliphatic carbocycles.